The summed E-state index contributed by atoms with van der Waals surface area (Å²) < 4.78 is 10.6. The van der Waals surface area contributed by atoms with Gasteiger partial charge in [-0.3, -0.25) is 9.59 Å². The Morgan fingerprint density at radius 2 is 1.70 bits per heavy atom. The maximum Gasteiger partial charge on any atom is 0.231 e. The van der Waals surface area contributed by atoms with Crippen molar-refractivity contribution >= 4 is 11.8 Å². The smallest absolute Gasteiger partial charge is 0.231 e. The van der Waals surface area contributed by atoms with E-state index in [9.17, 15) is 9.59 Å². The number of carbonyl (C=O) groups excluding carboxylic acids is 2. The molecule has 0 N–H and O–H groups in total. The van der Waals surface area contributed by atoms with Crippen molar-refractivity contribution in [2.75, 3.05) is 33.0 Å². The Hall–Kier alpha value is -2.24. The molecule has 0 atom stereocenters. The molecule has 6 heteroatoms. The van der Waals surface area contributed by atoms with E-state index in [-0.39, 0.29) is 24.5 Å². The predicted octanol–water partition coefficient (Wildman–Crippen LogP) is 1.04. The normalized spacial score (nSPS) is 19.8. The van der Waals surface area contributed by atoms with E-state index >= 15 is 0 Å². The van der Waals surface area contributed by atoms with Crippen LogP contribution in [0, 0.1) is 5.92 Å². The summed E-state index contributed by atoms with van der Waals surface area (Å²) in [6.07, 6.45) is 2.41. The second-order valence-electron chi connectivity index (χ2n) is 6.34. The zero-order valence-corrected chi connectivity index (χ0v) is 13.0. The van der Waals surface area contributed by atoms with Gasteiger partial charge in [0, 0.05) is 32.1 Å². The van der Waals surface area contributed by atoms with Crippen LogP contribution in [0.2, 0.25) is 0 Å². The molecular formula is C17H20N2O4. The lowest BCUT2D eigenvalue weighted by molar-refractivity contribution is -0.140. The first-order valence-corrected chi connectivity index (χ1v) is 8.16. The standard InChI is InChI=1S/C17H20N2O4/c20-16(10-12-1-4-14-15(9-12)23-11-22-14)18-5-7-19(8-6-18)17(21)13-2-3-13/h1,4,9,13H,2-3,5-8,10-11H2. The Morgan fingerprint density at radius 3 is 2.43 bits per heavy atom. The van der Waals surface area contributed by atoms with Gasteiger partial charge in [0.15, 0.2) is 11.5 Å². The van der Waals surface area contributed by atoms with E-state index in [1.54, 1.807) is 0 Å². The molecule has 1 aromatic carbocycles. The van der Waals surface area contributed by atoms with Crippen LogP contribution >= 0.6 is 0 Å². The summed E-state index contributed by atoms with van der Waals surface area (Å²) >= 11 is 0. The van der Waals surface area contributed by atoms with E-state index in [0.717, 1.165) is 24.2 Å². The van der Waals surface area contributed by atoms with Crippen LogP contribution in [-0.2, 0) is 16.0 Å². The minimum absolute atomic E-state index is 0.0994. The topological polar surface area (TPSA) is 59.1 Å². The fourth-order valence-electron chi connectivity index (χ4n) is 3.10. The molecule has 2 fully saturated rings. The number of carbonyl (C=O) groups is 2. The maximum absolute atomic E-state index is 12.4. The highest BCUT2D eigenvalue weighted by atomic mass is 16.7. The number of piperazine rings is 1. The van der Waals surface area contributed by atoms with Gasteiger partial charge in [0.05, 0.1) is 6.42 Å². The molecule has 2 heterocycles. The first-order chi connectivity index (χ1) is 11.2. The van der Waals surface area contributed by atoms with Gasteiger partial charge >= 0.3 is 0 Å². The number of nitrogens with zero attached hydrogens (tertiary/aromatic N) is 2. The van der Waals surface area contributed by atoms with Gasteiger partial charge in [-0.2, -0.15) is 0 Å². The highest BCUT2D eigenvalue weighted by Crippen LogP contribution is 2.33. The zero-order chi connectivity index (χ0) is 15.8. The summed E-state index contributed by atoms with van der Waals surface area (Å²) in [7, 11) is 0. The van der Waals surface area contributed by atoms with Crippen LogP contribution in [0.1, 0.15) is 18.4 Å². The monoisotopic (exact) mass is 316 g/mol. The molecule has 0 spiro atoms. The lowest BCUT2D eigenvalue weighted by Crippen LogP contribution is -2.51. The van der Waals surface area contributed by atoms with E-state index in [1.807, 2.05) is 28.0 Å². The summed E-state index contributed by atoms with van der Waals surface area (Å²) in [5.74, 6) is 2.06. The average Bonchev–Trinajstić information content (AvgIpc) is 3.32. The number of benzene rings is 1. The summed E-state index contributed by atoms with van der Waals surface area (Å²) in [6, 6.07) is 5.61. The van der Waals surface area contributed by atoms with Crippen LogP contribution in [0.5, 0.6) is 11.5 Å². The van der Waals surface area contributed by atoms with Gasteiger partial charge in [-0.25, -0.2) is 0 Å². The number of fused-ring (bicyclic) bond motifs is 1. The molecule has 2 aliphatic heterocycles. The zero-order valence-electron chi connectivity index (χ0n) is 13.0. The van der Waals surface area contributed by atoms with E-state index < -0.39 is 0 Å². The van der Waals surface area contributed by atoms with Crippen LogP contribution in [0.4, 0.5) is 0 Å². The summed E-state index contributed by atoms with van der Waals surface area (Å²) in [5, 5.41) is 0. The van der Waals surface area contributed by atoms with Crippen molar-refractivity contribution in [3.05, 3.63) is 23.8 Å². The molecule has 0 unspecified atom stereocenters. The van der Waals surface area contributed by atoms with E-state index in [1.165, 1.54) is 0 Å². The van der Waals surface area contributed by atoms with Crippen LogP contribution in [-0.4, -0.2) is 54.6 Å². The van der Waals surface area contributed by atoms with Gasteiger partial charge in [-0.15, -0.1) is 0 Å². The largest absolute Gasteiger partial charge is 0.454 e. The van der Waals surface area contributed by atoms with Gasteiger partial charge in [-0.05, 0) is 30.5 Å². The number of ether oxygens (including phenoxy) is 2. The van der Waals surface area contributed by atoms with Crippen molar-refractivity contribution in [3.8, 4) is 11.5 Å². The molecule has 0 radical (unpaired) electrons. The van der Waals surface area contributed by atoms with Crippen LogP contribution in [0.15, 0.2) is 18.2 Å². The minimum Gasteiger partial charge on any atom is -0.454 e. The average molecular weight is 316 g/mol. The van der Waals surface area contributed by atoms with Crippen LogP contribution in [0.25, 0.3) is 0 Å². The number of hydrogen-bond acceptors (Lipinski definition) is 4. The van der Waals surface area contributed by atoms with E-state index in [0.29, 0.717) is 38.3 Å². The third-order valence-electron chi connectivity index (χ3n) is 4.66. The Kier molecular flexibility index (Phi) is 3.59. The SMILES string of the molecule is O=C(Cc1ccc2c(c1)OCO2)N1CCN(C(=O)C2CC2)CC1. The maximum atomic E-state index is 12.4. The van der Waals surface area contributed by atoms with E-state index in [2.05, 4.69) is 0 Å². The van der Waals surface area contributed by atoms with Crippen LogP contribution < -0.4 is 9.47 Å². The first-order valence-electron chi connectivity index (χ1n) is 8.16. The van der Waals surface area contributed by atoms with E-state index in [4.69, 9.17) is 9.47 Å². The number of hydrogen-bond donors (Lipinski definition) is 0. The van der Waals surface area contributed by atoms with Crippen molar-refractivity contribution in [2.45, 2.75) is 19.3 Å². The second kappa shape index (κ2) is 5.76. The van der Waals surface area contributed by atoms with Gasteiger partial charge in [0.2, 0.25) is 18.6 Å². The molecule has 0 bridgehead atoms. The fourth-order valence-corrected chi connectivity index (χ4v) is 3.10. The quantitative estimate of drug-likeness (QED) is 0.836. The third kappa shape index (κ3) is 2.98. The molecule has 2 amide bonds. The van der Waals surface area contributed by atoms with Gasteiger partial charge in [0.25, 0.3) is 0 Å². The third-order valence-corrected chi connectivity index (χ3v) is 4.66. The van der Waals surface area contributed by atoms with Gasteiger partial charge in [0.1, 0.15) is 0 Å². The van der Waals surface area contributed by atoms with Gasteiger partial charge in [-0.1, -0.05) is 6.07 Å². The highest BCUT2D eigenvalue weighted by molar-refractivity contribution is 5.82. The molecule has 4 rings (SSSR count). The second-order valence-corrected chi connectivity index (χ2v) is 6.34. The van der Waals surface area contributed by atoms with Crippen LogP contribution in [0.3, 0.4) is 0 Å². The predicted molar refractivity (Wildman–Crippen MR) is 82.2 cm³/mol. The summed E-state index contributed by atoms with van der Waals surface area (Å²) in [4.78, 5) is 28.2. The van der Waals surface area contributed by atoms with Crippen molar-refractivity contribution in [2.24, 2.45) is 5.92 Å². The first kappa shape index (κ1) is 14.4. The van der Waals surface area contributed by atoms with Crippen molar-refractivity contribution in [1.82, 2.24) is 9.80 Å². The molecule has 3 aliphatic rings. The molecular weight excluding hydrogens is 296 g/mol. The molecule has 6 nitrogen and oxygen atoms in total. The Labute approximate surface area is 134 Å². The highest BCUT2D eigenvalue weighted by Gasteiger charge is 2.35. The summed E-state index contributed by atoms with van der Waals surface area (Å²) in [5.41, 5.74) is 0.927. The molecule has 1 aliphatic carbocycles. The van der Waals surface area contributed by atoms with Gasteiger partial charge < -0.3 is 19.3 Å². The fraction of sp³-hybridized carbons (Fsp3) is 0.529. The Bertz CT molecular complexity index is 633. The minimum atomic E-state index is 0.0994. The number of amides is 2. The summed E-state index contributed by atoms with van der Waals surface area (Å²) in [6.45, 7) is 2.80. The number of rotatable bonds is 3. The molecule has 1 saturated carbocycles. The Morgan fingerprint density at radius 1 is 1.00 bits per heavy atom. The van der Waals surface area contributed by atoms with Crippen molar-refractivity contribution in [3.63, 3.8) is 0 Å². The van der Waals surface area contributed by atoms with Crippen molar-refractivity contribution < 1.29 is 19.1 Å². The lowest BCUT2D eigenvalue weighted by atomic mass is 10.1. The Balaban J connectivity index is 1.32. The van der Waals surface area contributed by atoms with Crippen molar-refractivity contribution in [1.29, 1.82) is 0 Å². The molecule has 1 aromatic rings. The molecule has 0 aromatic heterocycles. The lowest BCUT2D eigenvalue weighted by Gasteiger charge is -2.35. The molecule has 23 heavy (non-hydrogen) atoms. The molecule has 122 valence electrons. The molecule has 1 saturated heterocycles.